The van der Waals surface area contributed by atoms with Gasteiger partial charge in [-0.1, -0.05) is 18.2 Å². The van der Waals surface area contributed by atoms with Crippen LogP contribution in [0.25, 0.3) is 5.69 Å². The topological polar surface area (TPSA) is 104 Å². The second kappa shape index (κ2) is 10.4. The van der Waals surface area contributed by atoms with E-state index in [1.807, 2.05) is 42.1 Å². The molecule has 7 nitrogen and oxygen atoms in total. The number of aryl methyl sites for hydroxylation is 1. The molecule has 1 saturated heterocycles. The minimum atomic E-state index is 0.256. The van der Waals surface area contributed by atoms with Crippen LogP contribution in [-0.2, 0) is 6.42 Å². The first-order valence-corrected chi connectivity index (χ1v) is 11.5. The van der Waals surface area contributed by atoms with Crippen LogP contribution in [0.4, 0.5) is 5.82 Å². The molecule has 2 aromatic rings. The Bertz CT molecular complexity index is 892. The third-order valence-electron chi connectivity index (χ3n) is 5.21. The fraction of sp³-hybridized carbons (Fsp3) is 0.500. The lowest BCUT2D eigenvalue weighted by molar-refractivity contribution is 0.613. The van der Waals surface area contributed by atoms with Crippen molar-refractivity contribution in [2.45, 2.75) is 44.3 Å². The van der Waals surface area contributed by atoms with Crippen LogP contribution in [0.3, 0.4) is 0 Å². The number of guanidine groups is 1. The zero-order valence-electron chi connectivity index (χ0n) is 17.8. The van der Waals surface area contributed by atoms with E-state index in [9.17, 15) is 5.26 Å². The van der Waals surface area contributed by atoms with E-state index in [-0.39, 0.29) is 4.75 Å². The summed E-state index contributed by atoms with van der Waals surface area (Å²) in [5.41, 5.74) is 8.24. The second-order valence-corrected chi connectivity index (χ2v) is 9.38. The number of para-hydroxylation sites is 1. The number of hydrogen-bond donors (Lipinski definition) is 3. The zero-order chi connectivity index (χ0) is 21.4. The van der Waals surface area contributed by atoms with Crippen LogP contribution in [0.1, 0.15) is 44.4 Å². The minimum absolute atomic E-state index is 0.256. The molecule has 8 heteroatoms. The van der Waals surface area contributed by atoms with E-state index in [1.54, 1.807) is 4.68 Å². The minimum Gasteiger partial charge on any atom is -0.382 e. The number of rotatable bonds is 8. The lowest BCUT2D eigenvalue weighted by Gasteiger charge is -2.21. The molecule has 1 unspecified atom stereocenters. The number of nitrogen functional groups attached to an aromatic ring is 1. The molecule has 0 spiro atoms. The molecule has 30 heavy (non-hydrogen) atoms. The van der Waals surface area contributed by atoms with Crippen LogP contribution < -0.4 is 16.4 Å². The van der Waals surface area contributed by atoms with E-state index in [2.05, 4.69) is 35.6 Å². The molecule has 1 aromatic heterocycles. The van der Waals surface area contributed by atoms with Gasteiger partial charge in [-0.3, -0.25) is 4.99 Å². The number of nitriles is 1. The fourth-order valence-electron chi connectivity index (χ4n) is 3.55. The largest absolute Gasteiger partial charge is 0.382 e. The highest BCUT2D eigenvalue weighted by Crippen LogP contribution is 2.37. The first-order valence-electron chi connectivity index (χ1n) is 10.6. The van der Waals surface area contributed by atoms with Crippen LogP contribution in [-0.4, -0.2) is 45.9 Å². The summed E-state index contributed by atoms with van der Waals surface area (Å²) >= 11 is 2.02. The number of aliphatic imine (C=N–C) groups is 1. The summed E-state index contributed by atoms with van der Waals surface area (Å²) in [5.74, 6) is 2.47. The summed E-state index contributed by atoms with van der Waals surface area (Å²) in [6.45, 7) is 6.77. The van der Waals surface area contributed by atoms with Gasteiger partial charge < -0.3 is 16.4 Å². The van der Waals surface area contributed by atoms with Gasteiger partial charge in [-0.25, -0.2) is 4.68 Å². The molecular formula is C22H31N7S. The van der Waals surface area contributed by atoms with Gasteiger partial charge in [0, 0.05) is 17.8 Å². The van der Waals surface area contributed by atoms with Crippen molar-refractivity contribution in [1.29, 1.82) is 5.26 Å². The molecule has 3 rings (SSSR count). The molecular weight excluding hydrogens is 394 g/mol. The predicted molar refractivity (Wildman–Crippen MR) is 125 cm³/mol. The fourth-order valence-corrected chi connectivity index (χ4v) is 4.78. The van der Waals surface area contributed by atoms with Gasteiger partial charge in [0.2, 0.25) is 0 Å². The molecule has 0 amide bonds. The van der Waals surface area contributed by atoms with Gasteiger partial charge in [-0.15, -0.1) is 0 Å². The third-order valence-corrected chi connectivity index (χ3v) is 6.73. The van der Waals surface area contributed by atoms with Crippen molar-refractivity contribution < 1.29 is 0 Å². The summed E-state index contributed by atoms with van der Waals surface area (Å²) in [7, 11) is 0. The van der Waals surface area contributed by atoms with Crippen molar-refractivity contribution in [3.8, 4) is 11.8 Å². The van der Waals surface area contributed by atoms with Crippen molar-refractivity contribution >= 4 is 23.5 Å². The van der Waals surface area contributed by atoms with E-state index >= 15 is 0 Å². The lowest BCUT2D eigenvalue weighted by atomic mass is 10.1. The zero-order valence-corrected chi connectivity index (χ0v) is 18.6. The van der Waals surface area contributed by atoms with Gasteiger partial charge in [0.1, 0.15) is 17.5 Å². The Morgan fingerprint density at radius 3 is 2.83 bits per heavy atom. The molecule has 2 heterocycles. The van der Waals surface area contributed by atoms with Crippen LogP contribution in [0.5, 0.6) is 0 Å². The van der Waals surface area contributed by atoms with Crippen molar-refractivity contribution in [3.63, 3.8) is 0 Å². The van der Waals surface area contributed by atoms with Gasteiger partial charge in [-0.05, 0) is 57.4 Å². The smallest absolute Gasteiger partial charge is 0.191 e. The third kappa shape index (κ3) is 5.48. The molecule has 0 saturated carbocycles. The molecule has 1 aliphatic heterocycles. The Hall–Kier alpha value is -2.66. The molecule has 1 aliphatic rings. The first kappa shape index (κ1) is 22.0. The SMILES string of the molecule is CCNC(=NCC1(C)CCCS1)NCCCc1nn(-c2ccccc2)c(N)c1C#N. The number of aromatic nitrogens is 2. The van der Waals surface area contributed by atoms with Crippen molar-refractivity contribution in [3.05, 3.63) is 41.6 Å². The van der Waals surface area contributed by atoms with Gasteiger partial charge in [0.05, 0.1) is 17.9 Å². The average Bonchev–Trinajstić information content (AvgIpc) is 3.33. The van der Waals surface area contributed by atoms with Crippen molar-refractivity contribution in [2.24, 2.45) is 4.99 Å². The predicted octanol–water partition coefficient (Wildman–Crippen LogP) is 3.10. The Kier molecular flexibility index (Phi) is 7.63. The van der Waals surface area contributed by atoms with Gasteiger partial charge >= 0.3 is 0 Å². The van der Waals surface area contributed by atoms with Crippen LogP contribution in [0.15, 0.2) is 35.3 Å². The molecule has 1 fully saturated rings. The number of hydrogen-bond acceptors (Lipinski definition) is 5. The summed E-state index contributed by atoms with van der Waals surface area (Å²) < 4.78 is 1.90. The van der Waals surface area contributed by atoms with E-state index in [0.717, 1.165) is 43.4 Å². The maximum Gasteiger partial charge on any atom is 0.191 e. The van der Waals surface area contributed by atoms with Crippen LogP contribution in [0.2, 0.25) is 0 Å². The summed E-state index contributed by atoms with van der Waals surface area (Å²) in [5, 5.41) is 20.9. The number of nitrogens with one attached hydrogen (secondary N) is 2. The van der Waals surface area contributed by atoms with Crippen LogP contribution in [0, 0.1) is 11.3 Å². The first-order chi connectivity index (χ1) is 14.6. The van der Waals surface area contributed by atoms with E-state index < -0.39 is 0 Å². The van der Waals surface area contributed by atoms with Gasteiger partial charge in [-0.2, -0.15) is 22.1 Å². The summed E-state index contributed by atoms with van der Waals surface area (Å²) in [4.78, 5) is 4.78. The van der Waals surface area contributed by atoms with Gasteiger partial charge in [0.15, 0.2) is 5.96 Å². The normalized spacial score (nSPS) is 18.9. The molecule has 1 atom stereocenters. The standard InChI is InChI=1S/C22H31N7S/c1-3-25-21(27-16-22(2)12-8-14-30-22)26-13-7-11-19-18(15-23)20(24)29(28-19)17-9-5-4-6-10-17/h4-6,9-10H,3,7-8,11-14,16,24H2,1-2H3,(H2,25,26,27). The molecule has 4 N–H and O–H groups in total. The Morgan fingerprint density at radius 2 is 2.17 bits per heavy atom. The molecule has 0 aliphatic carbocycles. The Morgan fingerprint density at radius 1 is 1.37 bits per heavy atom. The van der Waals surface area contributed by atoms with Crippen LogP contribution >= 0.6 is 11.8 Å². The average molecular weight is 426 g/mol. The highest BCUT2D eigenvalue weighted by atomic mass is 32.2. The number of thioether (sulfide) groups is 1. The van der Waals surface area contributed by atoms with Crippen molar-refractivity contribution in [2.75, 3.05) is 31.1 Å². The highest BCUT2D eigenvalue weighted by Gasteiger charge is 2.29. The summed E-state index contributed by atoms with van der Waals surface area (Å²) in [6.07, 6.45) is 4.01. The molecule has 1 aromatic carbocycles. The number of anilines is 1. The van der Waals surface area contributed by atoms with E-state index in [0.29, 0.717) is 17.8 Å². The molecule has 0 bridgehead atoms. The van der Waals surface area contributed by atoms with E-state index in [1.165, 1.54) is 18.6 Å². The van der Waals surface area contributed by atoms with E-state index in [4.69, 9.17) is 10.7 Å². The Labute approximate surface area is 183 Å². The number of nitrogens with zero attached hydrogens (tertiary/aromatic N) is 4. The Balaban J connectivity index is 1.58. The maximum absolute atomic E-state index is 9.54. The number of benzene rings is 1. The highest BCUT2D eigenvalue weighted by molar-refractivity contribution is 8.00. The quantitative estimate of drug-likeness (QED) is 0.341. The van der Waals surface area contributed by atoms with Crippen molar-refractivity contribution in [1.82, 2.24) is 20.4 Å². The molecule has 160 valence electrons. The monoisotopic (exact) mass is 425 g/mol. The van der Waals surface area contributed by atoms with Gasteiger partial charge in [0.25, 0.3) is 0 Å². The molecule has 0 radical (unpaired) electrons. The number of nitrogens with two attached hydrogens (primary N) is 1. The lowest BCUT2D eigenvalue weighted by Crippen LogP contribution is -2.39. The summed E-state index contributed by atoms with van der Waals surface area (Å²) in [6, 6.07) is 11.9. The second-order valence-electron chi connectivity index (χ2n) is 7.69. The maximum atomic E-state index is 9.54.